The lowest BCUT2D eigenvalue weighted by Gasteiger charge is -2.39. The molecule has 5 aromatic heterocycles. The molecular formula is C52H31N5S. The van der Waals surface area contributed by atoms with Gasteiger partial charge in [0.2, 0.25) is 0 Å². The molecule has 0 saturated carbocycles. The smallest absolute Gasteiger partial charge is 0.137 e. The molecule has 13 rings (SSSR count). The van der Waals surface area contributed by atoms with Crippen LogP contribution in [0.5, 0.6) is 0 Å². The Hall–Kier alpha value is -7.28. The Bertz CT molecular complexity index is 3410. The summed E-state index contributed by atoms with van der Waals surface area (Å²) < 4.78 is 4.61. The Morgan fingerprint density at radius 3 is 1.64 bits per heavy atom. The molecule has 11 aromatic rings. The topological polar surface area (TPSA) is 48.5 Å². The maximum Gasteiger partial charge on any atom is 0.137 e. The van der Waals surface area contributed by atoms with Gasteiger partial charge in [-0.25, -0.2) is 4.98 Å². The van der Waals surface area contributed by atoms with Gasteiger partial charge in [0.25, 0.3) is 0 Å². The molecule has 0 atom stereocenters. The number of pyridine rings is 3. The molecule has 6 aromatic carbocycles. The van der Waals surface area contributed by atoms with E-state index < -0.39 is 5.41 Å². The van der Waals surface area contributed by atoms with Crippen molar-refractivity contribution in [2.45, 2.75) is 15.2 Å². The van der Waals surface area contributed by atoms with Gasteiger partial charge in [-0.05, 0) is 106 Å². The van der Waals surface area contributed by atoms with E-state index in [-0.39, 0.29) is 0 Å². The molecule has 6 heteroatoms. The third-order valence-electron chi connectivity index (χ3n) is 12.3. The number of hydrogen-bond donors (Lipinski definition) is 0. The van der Waals surface area contributed by atoms with Gasteiger partial charge in [0.05, 0.1) is 50.8 Å². The molecule has 0 radical (unpaired) electrons. The number of aromatic nitrogens is 5. The minimum absolute atomic E-state index is 0.530. The Morgan fingerprint density at radius 1 is 0.397 bits per heavy atom. The second-order valence-electron chi connectivity index (χ2n) is 15.2. The van der Waals surface area contributed by atoms with Crippen LogP contribution in [0, 0.1) is 0 Å². The van der Waals surface area contributed by atoms with Crippen LogP contribution < -0.4 is 0 Å². The fraction of sp³-hybridized carbons (Fsp3) is 0.0192. The van der Waals surface area contributed by atoms with Crippen molar-refractivity contribution in [3.63, 3.8) is 0 Å². The van der Waals surface area contributed by atoms with Gasteiger partial charge in [0.15, 0.2) is 0 Å². The summed E-state index contributed by atoms with van der Waals surface area (Å²) in [6.45, 7) is 0. The number of fused-ring (bicyclic) bond motifs is 15. The van der Waals surface area contributed by atoms with Crippen molar-refractivity contribution >= 4 is 55.4 Å². The summed E-state index contributed by atoms with van der Waals surface area (Å²) >= 11 is 1.85. The van der Waals surface area contributed by atoms with Crippen molar-refractivity contribution in [1.82, 2.24) is 24.1 Å². The Kier molecular flexibility index (Phi) is 6.52. The minimum atomic E-state index is -0.530. The molecule has 0 bridgehead atoms. The average Bonchev–Trinajstić information content (AvgIpc) is 3.91. The van der Waals surface area contributed by atoms with E-state index in [2.05, 4.69) is 179 Å². The van der Waals surface area contributed by atoms with Crippen molar-refractivity contribution in [2.75, 3.05) is 0 Å². The molecular weight excluding hydrogens is 727 g/mol. The monoisotopic (exact) mass is 757 g/mol. The zero-order valence-corrected chi connectivity index (χ0v) is 31.9. The van der Waals surface area contributed by atoms with Crippen molar-refractivity contribution in [2.24, 2.45) is 0 Å². The fourth-order valence-electron chi connectivity index (χ4n) is 9.98. The Balaban J connectivity index is 0.971. The van der Waals surface area contributed by atoms with Crippen LogP contribution in [0.2, 0.25) is 0 Å². The third kappa shape index (κ3) is 4.19. The standard InChI is InChI=1S/C52H31N5S/c1-5-17-43-35(11-1)36-12-2-6-18-44(36)56(43)34-23-26-49(55-31-34)57-45-19-7-3-13-37(45)38-29-32(21-24-46(38)57)33-22-25-48-42(30-33)52(39-14-4-8-20-47(39)58-48)40-15-9-27-53-50(40)51-41(52)16-10-28-54-51/h1-31H. The highest BCUT2D eigenvalue weighted by Gasteiger charge is 2.51. The Labute approximate surface area is 337 Å². The van der Waals surface area contributed by atoms with E-state index in [1.54, 1.807) is 0 Å². The summed E-state index contributed by atoms with van der Waals surface area (Å²) in [5, 5.41) is 4.87. The quantitative estimate of drug-likeness (QED) is 0.180. The zero-order chi connectivity index (χ0) is 38.0. The van der Waals surface area contributed by atoms with Gasteiger partial charge in [-0.15, -0.1) is 0 Å². The van der Waals surface area contributed by atoms with Gasteiger partial charge < -0.3 is 4.57 Å². The van der Waals surface area contributed by atoms with Crippen molar-refractivity contribution in [3.8, 4) is 34.0 Å². The molecule has 58 heavy (non-hydrogen) atoms. The summed E-state index contributed by atoms with van der Waals surface area (Å²) in [4.78, 5) is 17.5. The van der Waals surface area contributed by atoms with Gasteiger partial charge in [0, 0.05) is 43.7 Å². The zero-order valence-electron chi connectivity index (χ0n) is 31.0. The summed E-state index contributed by atoms with van der Waals surface area (Å²) in [7, 11) is 0. The lowest BCUT2D eigenvalue weighted by Crippen LogP contribution is -2.32. The molecule has 270 valence electrons. The summed E-state index contributed by atoms with van der Waals surface area (Å²) in [6, 6.07) is 61.6. The number of rotatable bonds is 3. The Morgan fingerprint density at radius 2 is 0.948 bits per heavy atom. The van der Waals surface area contributed by atoms with Crippen molar-refractivity contribution in [1.29, 1.82) is 0 Å². The van der Waals surface area contributed by atoms with E-state index in [0.717, 1.165) is 33.9 Å². The van der Waals surface area contributed by atoms with E-state index >= 15 is 0 Å². The van der Waals surface area contributed by atoms with Gasteiger partial charge in [-0.1, -0.05) is 109 Å². The van der Waals surface area contributed by atoms with Crippen molar-refractivity contribution < 1.29 is 0 Å². The highest BCUT2D eigenvalue weighted by Crippen LogP contribution is 2.61. The number of hydrogen-bond acceptors (Lipinski definition) is 4. The lowest BCUT2D eigenvalue weighted by molar-refractivity contribution is 0.720. The largest absolute Gasteiger partial charge is 0.308 e. The second-order valence-corrected chi connectivity index (χ2v) is 16.3. The number of benzene rings is 6. The number of nitrogens with zero attached hydrogens (tertiary/aromatic N) is 5. The molecule has 0 amide bonds. The second kappa shape index (κ2) is 11.9. The molecule has 0 N–H and O–H groups in total. The maximum absolute atomic E-state index is 5.15. The lowest BCUT2D eigenvalue weighted by atomic mass is 9.67. The van der Waals surface area contributed by atoms with E-state index in [1.165, 1.54) is 75.7 Å². The predicted octanol–water partition coefficient (Wildman–Crippen LogP) is 12.6. The summed E-state index contributed by atoms with van der Waals surface area (Å²) in [5.74, 6) is 0.885. The number of para-hydroxylation sites is 3. The minimum Gasteiger partial charge on any atom is -0.308 e. The average molecular weight is 758 g/mol. The summed E-state index contributed by atoms with van der Waals surface area (Å²) in [6.07, 6.45) is 5.78. The van der Waals surface area contributed by atoms with E-state index in [9.17, 15) is 0 Å². The van der Waals surface area contributed by atoms with Gasteiger partial charge in [-0.2, -0.15) is 0 Å². The normalized spacial score (nSPS) is 13.6. The molecule has 6 heterocycles. The van der Waals surface area contributed by atoms with E-state index in [1.807, 2.05) is 30.4 Å². The molecule has 0 unspecified atom stereocenters. The molecule has 1 aliphatic carbocycles. The third-order valence-corrected chi connectivity index (χ3v) is 13.5. The van der Waals surface area contributed by atoms with Crippen LogP contribution in [-0.2, 0) is 5.41 Å². The molecule has 0 fully saturated rings. The highest BCUT2D eigenvalue weighted by molar-refractivity contribution is 7.99. The fourth-order valence-corrected chi connectivity index (χ4v) is 11.2. The first-order valence-corrected chi connectivity index (χ1v) is 20.4. The van der Waals surface area contributed by atoms with Gasteiger partial charge in [-0.3, -0.25) is 14.5 Å². The first-order chi connectivity index (χ1) is 28.8. The van der Waals surface area contributed by atoms with E-state index in [0.29, 0.717) is 0 Å². The van der Waals surface area contributed by atoms with Crippen LogP contribution in [0.15, 0.2) is 198 Å². The van der Waals surface area contributed by atoms with Crippen LogP contribution in [0.25, 0.3) is 77.6 Å². The van der Waals surface area contributed by atoms with E-state index in [4.69, 9.17) is 15.0 Å². The van der Waals surface area contributed by atoms with Gasteiger partial charge >= 0.3 is 0 Å². The molecule has 0 saturated heterocycles. The van der Waals surface area contributed by atoms with Crippen LogP contribution in [0.3, 0.4) is 0 Å². The maximum atomic E-state index is 5.15. The van der Waals surface area contributed by atoms with Crippen LogP contribution in [0.1, 0.15) is 22.3 Å². The predicted molar refractivity (Wildman–Crippen MR) is 235 cm³/mol. The molecule has 5 nitrogen and oxygen atoms in total. The first kappa shape index (κ1) is 31.9. The van der Waals surface area contributed by atoms with Crippen LogP contribution >= 0.6 is 11.8 Å². The molecule has 2 aliphatic rings. The SMILES string of the molecule is c1ccc2c(c1)Sc1ccc(-c3ccc4c(c3)c3ccccc3n4-c3ccc(-n4c5ccccc5c5ccccc54)cn3)cc1C21c2cccnc2-c2ncccc21. The summed E-state index contributed by atoms with van der Waals surface area (Å²) in [5.41, 5.74) is 14.3. The van der Waals surface area contributed by atoms with Crippen LogP contribution in [0.4, 0.5) is 0 Å². The molecule has 1 aliphatic heterocycles. The van der Waals surface area contributed by atoms with Crippen LogP contribution in [-0.4, -0.2) is 24.1 Å². The van der Waals surface area contributed by atoms with Crippen molar-refractivity contribution in [3.05, 3.63) is 211 Å². The van der Waals surface area contributed by atoms with Gasteiger partial charge in [0.1, 0.15) is 5.82 Å². The highest BCUT2D eigenvalue weighted by atomic mass is 32.2. The first-order valence-electron chi connectivity index (χ1n) is 19.6. The molecule has 1 spiro atoms.